The van der Waals surface area contributed by atoms with E-state index < -0.39 is 0 Å². The van der Waals surface area contributed by atoms with Gasteiger partial charge in [-0.25, -0.2) is 0 Å². The van der Waals surface area contributed by atoms with E-state index in [9.17, 15) is 4.79 Å². The van der Waals surface area contributed by atoms with Gasteiger partial charge in [-0.2, -0.15) is 0 Å². The second-order valence-corrected chi connectivity index (χ2v) is 4.81. The number of rotatable bonds is 3. The van der Waals surface area contributed by atoms with Gasteiger partial charge in [0.1, 0.15) is 0 Å². The van der Waals surface area contributed by atoms with E-state index in [1.54, 1.807) is 0 Å². The third kappa shape index (κ3) is 2.58. The Morgan fingerprint density at radius 1 is 1.35 bits per heavy atom. The first kappa shape index (κ1) is 11.9. The van der Waals surface area contributed by atoms with Gasteiger partial charge in [0.15, 0.2) is 0 Å². The Balaban J connectivity index is 2.21. The quantitative estimate of drug-likeness (QED) is 0.801. The van der Waals surface area contributed by atoms with E-state index in [0.29, 0.717) is 6.42 Å². The van der Waals surface area contributed by atoms with Crippen molar-refractivity contribution in [1.82, 2.24) is 4.90 Å². The normalized spacial score (nSPS) is 20.3. The predicted octanol–water partition coefficient (Wildman–Crippen LogP) is 1.33. The zero-order chi connectivity index (χ0) is 12.4. The lowest BCUT2D eigenvalue weighted by Gasteiger charge is -2.27. The second kappa shape index (κ2) is 4.75. The zero-order valence-electron chi connectivity index (χ0n) is 10.4. The van der Waals surface area contributed by atoms with Crippen molar-refractivity contribution in [3.8, 4) is 0 Å². The van der Waals surface area contributed by atoms with Crippen LogP contribution in [0.3, 0.4) is 0 Å². The van der Waals surface area contributed by atoms with Crippen molar-refractivity contribution in [3.63, 3.8) is 0 Å². The van der Waals surface area contributed by atoms with Crippen molar-refractivity contribution >= 4 is 17.3 Å². The molecule has 1 aliphatic rings. The van der Waals surface area contributed by atoms with Crippen molar-refractivity contribution in [3.05, 3.63) is 24.3 Å². The van der Waals surface area contributed by atoms with Crippen LogP contribution in [0.15, 0.2) is 24.3 Å². The van der Waals surface area contributed by atoms with E-state index in [1.165, 1.54) is 0 Å². The molecule has 1 aromatic carbocycles. The van der Waals surface area contributed by atoms with Crippen LogP contribution in [-0.2, 0) is 4.79 Å². The standard InChI is InChI=1S/C13H19N3O/c1-15(2)9-12-7-8-13(17)16(12)11-5-3-10(14)4-6-11/h3-6,12H,7-9,14H2,1-2H3/t12-/m1/s1. The Kier molecular flexibility index (Phi) is 3.33. The number of benzene rings is 1. The molecule has 4 heteroatoms. The van der Waals surface area contributed by atoms with Crippen molar-refractivity contribution in [1.29, 1.82) is 0 Å². The Morgan fingerprint density at radius 2 is 2.00 bits per heavy atom. The Labute approximate surface area is 102 Å². The summed E-state index contributed by atoms with van der Waals surface area (Å²) in [5.41, 5.74) is 7.34. The van der Waals surface area contributed by atoms with Gasteiger partial charge in [0, 0.05) is 24.3 Å². The molecule has 0 unspecified atom stereocenters. The molecule has 0 radical (unpaired) electrons. The summed E-state index contributed by atoms with van der Waals surface area (Å²) in [7, 11) is 4.06. The number of hydrogen-bond acceptors (Lipinski definition) is 3. The van der Waals surface area contributed by atoms with Gasteiger partial charge in [-0.15, -0.1) is 0 Å². The van der Waals surface area contributed by atoms with Crippen molar-refractivity contribution in [2.24, 2.45) is 0 Å². The van der Waals surface area contributed by atoms with Crippen LogP contribution in [0.5, 0.6) is 0 Å². The van der Waals surface area contributed by atoms with Crippen LogP contribution in [0.4, 0.5) is 11.4 Å². The molecule has 1 aliphatic heterocycles. The number of amides is 1. The van der Waals surface area contributed by atoms with Crippen LogP contribution in [0, 0.1) is 0 Å². The fraction of sp³-hybridized carbons (Fsp3) is 0.462. The molecule has 1 atom stereocenters. The third-order valence-electron chi connectivity index (χ3n) is 3.07. The highest BCUT2D eigenvalue weighted by Crippen LogP contribution is 2.27. The van der Waals surface area contributed by atoms with Crippen LogP contribution in [-0.4, -0.2) is 37.5 Å². The van der Waals surface area contributed by atoms with E-state index in [-0.39, 0.29) is 11.9 Å². The van der Waals surface area contributed by atoms with E-state index in [1.807, 2.05) is 43.3 Å². The molecule has 4 nitrogen and oxygen atoms in total. The minimum absolute atomic E-state index is 0.210. The van der Waals surface area contributed by atoms with Gasteiger partial charge in [-0.3, -0.25) is 4.79 Å². The summed E-state index contributed by atoms with van der Waals surface area (Å²) in [5, 5.41) is 0. The molecule has 1 fully saturated rings. The smallest absolute Gasteiger partial charge is 0.227 e. The second-order valence-electron chi connectivity index (χ2n) is 4.81. The van der Waals surface area contributed by atoms with E-state index in [0.717, 1.165) is 24.3 Å². The largest absolute Gasteiger partial charge is 0.399 e. The molecule has 1 amide bonds. The molecule has 2 N–H and O–H groups in total. The number of nitrogens with zero attached hydrogens (tertiary/aromatic N) is 2. The summed E-state index contributed by atoms with van der Waals surface area (Å²) < 4.78 is 0. The van der Waals surface area contributed by atoms with Crippen LogP contribution in [0.25, 0.3) is 0 Å². The molecule has 1 aromatic rings. The molecule has 0 spiro atoms. The molecule has 92 valence electrons. The highest BCUT2D eigenvalue weighted by atomic mass is 16.2. The summed E-state index contributed by atoms with van der Waals surface area (Å²) in [6, 6.07) is 7.80. The maximum absolute atomic E-state index is 11.9. The topological polar surface area (TPSA) is 49.6 Å². The Hall–Kier alpha value is -1.55. The number of nitrogen functional groups attached to an aromatic ring is 1. The fourth-order valence-electron chi connectivity index (χ4n) is 2.33. The maximum atomic E-state index is 11.9. The first-order valence-corrected chi connectivity index (χ1v) is 5.90. The van der Waals surface area contributed by atoms with Gasteiger partial charge in [0.25, 0.3) is 0 Å². The number of carbonyl (C=O) groups is 1. The molecule has 0 aliphatic carbocycles. The highest BCUT2D eigenvalue weighted by molar-refractivity contribution is 5.96. The highest BCUT2D eigenvalue weighted by Gasteiger charge is 2.32. The monoisotopic (exact) mass is 233 g/mol. The third-order valence-corrected chi connectivity index (χ3v) is 3.07. The summed E-state index contributed by atoms with van der Waals surface area (Å²) >= 11 is 0. The van der Waals surface area contributed by atoms with Crippen molar-refractivity contribution in [2.75, 3.05) is 31.3 Å². The van der Waals surface area contributed by atoms with E-state index >= 15 is 0 Å². The molecule has 0 bridgehead atoms. The van der Waals surface area contributed by atoms with Crippen molar-refractivity contribution in [2.45, 2.75) is 18.9 Å². The van der Waals surface area contributed by atoms with Crippen LogP contribution in [0.2, 0.25) is 0 Å². The van der Waals surface area contributed by atoms with Crippen LogP contribution < -0.4 is 10.6 Å². The number of likely N-dealkylation sites (N-methyl/N-ethyl adjacent to an activating group) is 1. The molecule has 1 heterocycles. The van der Waals surface area contributed by atoms with E-state index in [2.05, 4.69) is 4.90 Å². The molecular weight excluding hydrogens is 214 g/mol. The summed E-state index contributed by atoms with van der Waals surface area (Å²) in [4.78, 5) is 15.9. The van der Waals surface area contributed by atoms with Crippen molar-refractivity contribution < 1.29 is 4.79 Å². The summed E-state index contributed by atoms with van der Waals surface area (Å²) in [5.74, 6) is 0.210. The van der Waals surface area contributed by atoms with Gasteiger partial charge in [-0.05, 0) is 44.8 Å². The van der Waals surface area contributed by atoms with Crippen LogP contribution >= 0.6 is 0 Å². The summed E-state index contributed by atoms with van der Waals surface area (Å²) in [6.45, 7) is 0.899. The number of hydrogen-bond donors (Lipinski definition) is 1. The predicted molar refractivity (Wildman–Crippen MR) is 69.9 cm³/mol. The van der Waals surface area contributed by atoms with Gasteiger partial charge >= 0.3 is 0 Å². The number of nitrogens with two attached hydrogens (primary N) is 1. The average molecular weight is 233 g/mol. The molecule has 0 saturated carbocycles. The van der Waals surface area contributed by atoms with Gasteiger partial charge in [-0.1, -0.05) is 0 Å². The summed E-state index contributed by atoms with van der Waals surface area (Å²) in [6.07, 6.45) is 1.57. The van der Waals surface area contributed by atoms with Gasteiger partial charge in [0.05, 0.1) is 6.04 Å². The van der Waals surface area contributed by atoms with Crippen LogP contribution in [0.1, 0.15) is 12.8 Å². The average Bonchev–Trinajstić information content (AvgIpc) is 2.61. The number of anilines is 2. The lowest BCUT2D eigenvalue weighted by Crippen LogP contribution is -2.39. The van der Waals surface area contributed by atoms with Gasteiger partial charge < -0.3 is 15.5 Å². The SMILES string of the molecule is CN(C)C[C@H]1CCC(=O)N1c1ccc(N)cc1. The van der Waals surface area contributed by atoms with Gasteiger partial charge in [0.2, 0.25) is 5.91 Å². The Morgan fingerprint density at radius 3 is 2.59 bits per heavy atom. The molecule has 1 saturated heterocycles. The molecule has 17 heavy (non-hydrogen) atoms. The minimum atomic E-state index is 0.210. The first-order valence-electron chi connectivity index (χ1n) is 5.90. The van der Waals surface area contributed by atoms with E-state index in [4.69, 9.17) is 5.73 Å². The molecule has 0 aromatic heterocycles. The maximum Gasteiger partial charge on any atom is 0.227 e. The fourth-order valence-corrected chi connectivity index (χ4v) is 2.33. The number of carbonyl (C=O) groups excluding carboxylic acids is 1. The lowest BCUT2D eigenvalue weighted by molar-refractivity contribution is -0.117. The molecule has 2 rings (SSSR count). The zero-order valence-corrected chi connectivity index (χ0v) is 10.4. The molecular formula is C13H19N3O. The first-order chi connectivity index (χ1) is 8.08. The Bertz CT molecular complexity index is 400. The lowest BCUT2D eigenvalue weighted by atomic mass is 10.2. The minimum Gasteiger partial charge on any atom is -0.399 e.